The third-order valence-electron chi connectivity index (χ3n) is 2.11. The molecule has 0 aromatic rings. The van der Waals surface area contributed by atoms with E-state index in [2.05, 4.69) is 14.8 Å². The van der Waals surface area contributed by atoms with E-state index in [0.717, 1.165) is 6.92 Å². The van der Waals surface area contributed by atoms with Crippen LogP contribution in [0, 0.1) is 0 Å². The summed E-state index contributed by atoms with van der Waals surface area (Å²) in [6.07, 6.45) is -3.70. The minimum atomic E-state index is -2.00. The number of hydrogen-bond donors (Lipinski definition) is 1. The minimum absolute atomic E-state index is 0.596. The Kier molecular flexibility index (Phi) is 3.74. The third kappa shape index (κ3) is 2.26. The summed E-state index contributed by atoms with van der Waals surface area (Å²) in [6.45, 7) is 0.514. The number of carbonyl (C=O) groups excluding carboxylic acids is 1. The number of azide groups is 1. The second kappa shape index (κ2) is 4.69. The molecule has 1 aliphatic rings. The van der Waals surface area contributed by atoms with Crippen LogP contribution in [0.3, 0.4) is 0 Å². The van der Waals surface area contributed by atoms with Crippen LogP contribution in [0.1, 0.15) is 6.92 Å². The lowest BCUT2D eigenvalue weighted by Gasteiger charge is -2.25. The SMILES string of the molecule is [B]C1OC(COC(C)=O)(N=[N+]=[N-])C(O)C1F. The second-order valence-corrected chi connectivity index (χ2v) is 3.29. The molecule has 2 radical (unpaired) electrons. The Morgan fingerprint density at radius 1 is 1.88 bits per heavy atom. The van der Waals surface area contributed by atoms with Gasteiger partial charge in [0, 0.05) is 11.8 Å². The topological polar surface area (TPSA) is 105 Å². The van der Waals surface area contributed by atoms with Gasteiger partial charge in [-0.25, -0.2) is 4.39 Å². The molecule has 0 spiro atoms. The molecule has 16 heavy (non-hydrogen) atoms. The fourth-order valence-corrected chi connectivity index (χ4v) is 1.31. The molecule has 1 heterocycles. The molecule has 4 atom stereocenters. The van der Waals surface area contributed by atoms with Crippen LogP contribution in [0.4, 0.5) is 4.39 Å². The van der Waals surface area contributed by atoms with Gasteiger partial charge in [0.2, 0.25) is 5.72 Å². The zero-order valence-corrected chi connectivity index (χ0v) is 8.41. The number of rotatable bonds is 3. The normalized spacial score (nSPS) is 37.8. The van der Waals surface area contributed by atoms with E-state index in [1.807, 2.05) is 0 Å². The number of aliphatic hydroxyl groups excluding tert-OH is 1. The molecule has 0 aromatic heterocycles. The summed E-state index contributed by atoms with van der Waals surface area (Å²) in [6, 6.07) is -1.43. The van der Waals surface area contributed by atoms with Crippen LogP contribution in [0.2, 0.25) is 0 Å². The number of ether oxygens (including phenoxy) is 2. The van der Waals surface area contributed by atoms with Crippen molar-refractivity contribution in [2.45, 2.75) is 30.9 Å². The first kappa shape index (κ1) is 12.8. The van der Waals surface area contributed by atoms with Gasteiger partial charge < -0.3 is 14.6 Å². The van der Waals surface area contributed by atoms with E-state index in [9.17, 15) is 14.3 Å². The average molecular weight is 229 g/mol. The molecule has 1 fully saturated rings. The van der Waals surface area contributed by atoms with E-state index in [-0.39, 0.29) is 0 Å². The van der Waals surface area contributed by atoms with Crippen LogP contribution >= 0.6 is 0 Å². The highest BCUT2D eigenvalue weighted by atomic mass is 19.1. The van der Waals surface area contributed by atoms with Crippen molar-refractivity contribution in [3.63, 3.8) is 0 Å². The molecule has 1 aliphatic heterocycles. The zero-order chi connectivity index (χ0) is 12.3. The van der Waals surface area contributed by atoms with E-state index in [4.69, 9.17) is 18.1 Å². The van der Waals surface area contributed by atoms with Gasteiger partial charge in [0.25, 0.3) is 0 Å². The number of alkyl halides is 1. The highest BCUT2D eigenvalue weighted by molar-refractivity contribution is 6.11. The molecule has 0 saturated carbocycles. The third-order valence-corrected chi connectivity index (χ3v) is 2.11. The summed E-state index contributed by atoms with van der Waals surface area (Å²) in [5.74, 6) is -0.681. The summed E-state index contributed by atoms with van der Waals surface area (Å²) >= 11 is 0. The predicted octanol–water partition coefficient (Wildman–Crippen LogP) is -0.220. The average Bonchev–Trinajstić information content (AvgIpc) is 2.42. The van der Waals surface area contributed by atoms with Gasteiger partial charge in [0.1, 0.15) is 26.7 Å². The number of hydrogen-bond acceptors (Lipinski definition) is 5. The molecule has 0 bridgehead atoms. The Morgan fingerprint density at radius 2 is 2.50 bits per heavy atom. The van der Waals surface area contributed by atoms with Crippen LogP contribution in [0.5, 0.6) is 0 Å². The van der Waals surface area contributed by atoms with E-state index in [0.29, 0.717) is 0 Å². The summed E-state index contributed by atoms with van der Waals surface area (Å²) in [7, 11) is 5.20. The molecule has 86 valence electrons. The maximum atomic E-state index is 13.2. The van der Waals surface area contributed by atoms with Gasteiger partial charge in [0.15, 0.2) is 0 Å². The molecule has 0 amide bonds. The van der Waals surface area contributed by atoms with Crippen molar-refractivity contribution in [3.8, 4) is 0 Å². The van der Waals surface area contributed by atoms with Gasteiger partial charge in [-0.15, -0.1) is 0 Å². The Hall–Kier alpha value is -1.31. The first-order valence-corrected chi connectivity index (χ1v) is 4.38. The van der Waals surface area contributed by atoms with Crippen molar-refractivity contribution >= 4 is 13.8 Å². The molecular weight excluding hydrogens is 220 g/mol. The van der Waals surface area contributed by atoms with Gasteiger partial charge in [-0.2, -0.15) is 0 Å². The maximum absolute atomic E-state index is 13.2. The van der Waals surface area contributed by atoms with Crippen molar-refractivity contribution in [2.75, 3.05) is 6.61 Å². The van der Waals surface area contributed by atoms with E-state index in [1.54, 1.807) is 0 Å². The van der Waals surface area contributed by atoms with Crippen molar-refractivity contribution in [1.82, 2.24) is 0 Å². The van der Waals surface area contributed by atoms with Crippen LogP contribution in [0.25, 0.3) is 10.4 Å². The van der Waals surface area contributed by atoms with Crippen molar-refractivity contribution in [3.05, 3.63) is 10.4 Å². The van der Waals surface area contributed by atoms with Crippen molar-refractivity contribution < 1.29 is 23.8 Å². The molecule has 0 aliphatic carbocycles. The van der Waals surface area contributed by atoms with Crippen LogP contribution in [-0.4, -0.2) is 49.5 Å². The molecule has 9 heteroatoms. The second-order valence-electron chi connectivity index (χ2n) is 3.29. The lowest BCUT2D eigenvalue weighted by molar-refractivity contribution is -0.156. The smallest absolute Gasteiger partial charge is 0.302 e. The maximum Gasteiger partial charge on any atom is 0.302 e. The van der Waals surface area contributed by atoms with Gasteiger partial charge in [0.05, 0.1) is 6.00 Å². The molecule has 7 nitrogen and oxygen atoms in total. The Balaban J connectivity index is 2.89. The monoisotopic (exact) mass is 229 g/mol. The van der Waals surface area contributed by atoms with Crippen molar-refractivity contribution in [1.29, 1.82) is 0 Å². The van der Waals surface area contributed by atoms with Gasteiger partial charge in [-0.3, -0.25) is 4.79 Å². The highest BCUT2D eigenvalue weighted by Gasteiger charge is 2.54. The predicted molar refractivity (Wildman–Crippen MR) is 50.0 cm³/mol. The van der Waals surface area contributed by atoms with Gasteiger partial charge in [-0.1, -0.05) is 5.11 Å². The Morgan fingerprint density at radius 3 is 2.88 bits per heavy atom. The number of esters is 1. The number of nitrogens with zero attached hydrogens (tertiary/aromatic N) is 3. The van der Waals surface area contributed by atoms with Crippen LogP contribution < -0.4 is 0 Å². The van der Waals surface area contributed by atoms with Crippen molar-refractivity contribution in [2.24, 2.45) is 5.11 Å². The van der Waals surface area contributed by atoms with Gasteiger partial charge >= 0.3 is 5.97 Å². The van der Waals surface area contributed by atoms with Crippen LogP contribution in [0.15, 0.2) is 5.11 Å². The standard InChI is InChI=1S/C7H9BFN3O4/c1-3(13)15-2-7(11-12-10)5(14)4(9)6(8)16-7/h4-6,14H,2H2,1H3. The Labute approximate surface area is 91.6 Å². The van der Waals surface area contributed by atoms with E-state index < -0.39 is 36.6 Å². The highest BCUT2D eigenvalue weighted by Crippen LogP contribution is 2.33. The fraction of sp³-hybridized carbons (Fsp3) is 0.857. The number of aliphatic hydroxyl groups is 1. The fourth-order valence-electron chi connectivity index (χ4n) is 1.31. The summed E-state index contributed by atoms with van der Waals surface area (Å²) in [4.78, 5) is 13.0. The van der Waals surface area contributed by atoms with Crippen LogP contribution in [-0.2, 0) is 14.3 Å². The molecule has 1 N–H and O–H groups in total. The molecule has 1 rings (SSSR count). The lowest BCUT2D eigenvalue weighted by Crippen LogP contribution is -2.44. The first-order valence-electron chi connectivity index (χ1n) is 4.38. The molecule has 4 unspecified atom stereocenters. The summed E-state index contributed by atoms with van der Waals surface area (Å²) in [5, 5.41) is 12.6. The summed E-state index contributed by atoms with van der Waals surface area (Å²) < 4.78 is 22.6. The first-order chi connectivity index (χ1) is 7.43. The number of halogens is 1. The summed E-state index contributed by atoms with van der Waals surface area (Å²) in [5.41, 5.74) is 6.31. The minimum Gasteiger partial charge on any atom is -0.463 e. The number of carbonyl (C=O) groups is 1. The largest absolute Gasteiger partial charge is 0.463 e. The van der Waals surface area contributed by atoms with Gasteiger partial charge in [-0.05, 0) is 5.53 Å². The zero-order valence-electron chi connectivity index (χ0n) is 8.41. The Bertz CT molecular complexity index is 338. The van der Waals surface area contributed by atoms with E-state index in [1.165, 1.54) is 0 Å². The van der Waals surface area contributed by atoms with E-state index >= 15 is 0 Å². The lowest BCUT2D eigenvalue weighted by atomic mass is 9.93. The molecule has 0 aromatic carbocycles. The molecular formula is C7H9BFN3O4. The molecule has 1 saturated heterocycles. The quantitative estimate of drug-likeness (QED) is 0.237.